The lowest BCUT2D eigenvalue weighted by atomic mass is 10.2. The van der Waals surface area contributed by atoms with Gasteiger partial charge in [0.05, 0.1) is 0 Å². The van der Waals surface area contributed by atoms with Crippen LogP contribution in [0, 0.1) is 0 Å². The predicted octanol–water partition coefficient (Wildman–Crippen LogP) is 3.84. The van der Waals surface area contributed by atoms with Crippen molar-refractivity contribution in [2.75, 3.05) is 0 Å². The number of rotatable bonds is 3. The summed E-state index contributed by atoms with van der Waals surface area (Å²) in [7, 11) is 0. The Balaban J connectivity index is 2.02. The number of hydrogen-bond donors (Lipinski definition) is 2. The van der Waals surface area contributed by atoms with Crippen molar-refractivity contribution >= 4 is 44.6 Å². The van der Waals surface area contributed by atoms with Gasteiger partial charge in [-0.15, -0.1) is 0 Å². The number of para-hydroxylation sites is 2. The van der Waals surface area contributed by atoms with E-state index >= 15 is 0 Å². The number of halogens is 1. The molecule has 0 spiro atoms. The van der Waals surface area contributed by atoms with Crippen molar-refractivity contribution in [3.63, 3.8) is 0 Å². The Kier molecular flexibility index (Phi) is 3.85. The maximum absolute atomic E-state index is 8.87. The molecular weight excluding hydrogens is 354 g/mol. The summed E-state index contributed by atoms with van der Waals surface area (Å²) < 4.78 is 6.56. The maximum atomic E-state index is 8.87. The van der Waals surface area contributed by atoms with Crippen LogP contribution in [0.4, 0.5) is 0 Å². The second-order valence-corrected chi connectivity index (χ2v) is 6.08. The monoisotopic (exact) mass is 363 g/mol. The van der Waals surface area contributed by atoms with Crippen molar-refractivity contribution in [1.29, 1.82) is 0 Å². The zero-order chi connectivity index (χ0) is 14.8. The fourth-order valence-electron chi connectivity index (χ4n) is 1.83. The number of fused-ring (bicyclic) bond motifs is 1. The number of oxazole rings is 1. The summed E-state index contributed by atoms with van der Waals surface area (Å²) in [5.74, 6) is 0.0427. The van der Waals surface area contributed by atoms with E-state index in [4.69, 9.17) is 15.4 Å². The van der Waals surface area contributed by atoms with Crippen LogP contribution < -0.4 is 5.73 Å². The van der Waals surface area contributed by atoms with Crippen molar-refractivity contribution in [1.82, 2.24) is 4.98 Å². The average Bonchev–Trinajstić information content (AvgIpc) is 2.89. The summed E-state index contributed by atoms with van der Waals surface area (Å²) in [5.41, 5.74) is 7.83. The highest BCUT2D eigenvalue weighted by Gasteiger charge is 2.13. The predicted molar refractivity (Wildman–Crippen MR) is 84.8 cm³/mol. The minimum Gasteiger partial charge on any atom is -0.431 e. The molecule has 3 rings (SSSR count). The Bertz CT molecular complexity index is 799. The number of amidine groups is 1. The third-order valence-corrected chi connectivity index (χ3v) is 4.20. The first-order valence-corrected chi connectivity index (χ1v) is 7.59. The number of oxime groups is 1. The van der Waals surface area contributed by atoms with Crippen LogP contribution in [0.5, 0.6) is 0 Å². The summed E-state index contributed by atoms with van der Waals surface area (Å²) in [6, 6.07) is 13.0. The molecule has 0 saturated carbocycles. The second-order valence-electron chi connectivity index (χ2n) is 4.18. The topological polar surface area (TPSA) is 84.6 Å². The van der Waals surface area contributed by atoms with Gasteiger partial charge in [0.1, 0.15) is 5.52 Å². The van der Waals surface area contributed by atoms with Gasteiger partial charge in [-0.25, -0.2) is 4.98 Å². The van der Waals surface area contributed by atoms with Gasteiger partial charge in [0.25, 0.3) is 5.22 Å². The first-order chi connectivity index (χ1) is 10.2. The molecule has 0 radical (unpaired) electrons. The van der Waals surface area contributed by atoms with E-state index in [0.717, 1.165) is 20.5 Å². The van der Waals surface area contributed by atoms with Gasteiger partial charge < -0.3 is 15.4 Å². The molecule has 0 fully saturated rings. The molecule has 21 heavy (non-hydrogen) atoms. The van der Waals surface area contributed by atoms with E-state index in [0.29, 0.717) is 10.8 Å². The fraction of sp³-hybridized carbons (Fsp3) is 0. The van der Waals surface area contributed by atoms with Gasteiger partial charge in [-0.3, -0.25) is 0 Å². The van der Waals surface area contributed by atoms with Crippen molar-refractivity contribution in [2.45, 2.75) is 10.1 Å². The fourth-order valence-corrected chi connectivity index (χ4v) is 3.28. The number of nitrogens with two attached hydrogens (primary N) is 1. The maximum Gasteiger partial charge on any atom is 0.261 e. The largest absolute Gasteiger partial charge is 0.431 e. The highest BCUT2D eigenvalue weighted by Crippen LogP contribution is 2.33. The molecule has 0 bridgehead atoms. The minimum atomic E-state index is 0.0427. The molecule has 0 unspecified atom stereocenters. The first kappa shape index (κ1) is 14.0. The summed E-state index contributed by atoms with van der Waals surface area (Å²) >= 11 is 4.73. The quantitative estimate of drug-likeness (QED) is 0.319. The molecule has 7 heteroatoms. The van der Waals surface area contributed by atoms with Crippen LogP contribution in [-0.2, 0) is 0 Å². The first-order valence-electron chi connectivity index (χ1n) is 5.98. The molecule has 106 valence electrons. The molecule has 3 N–H and O–H groups in total. The third kappa shape index (κ3) is 2.88. The molecule has 0 aliphatic carbocycles. The van der Waals surface area contributed by atoms with Crippen LogP contribution in [0.15, 0.2) is 66.6 Å². The normalized spacial score (nSPS) is 12.0. The summed E-state index contributed by atoms with van der Waals surface area (Å²) in [5, 5.41) is 12.4. The van der Waals surface area contributed by atoms with Crippen LogP contribution >= 0.6 is 27.7 Å². The lowest BCUT2D eigenvalue weighted by Crippen LogP contribution is -2.14. The van der Waals surface area contributed by atoms with Crippen molar-refractivity contribution < 1.29 is 9.62 Å². The molecule has 0 saturated heterocycles. The average molecular weight is 364 g/mol. The molecule has 0 aliphatic heterocycles. The van der Waals surface area contributed by atoms with Crippen LogP contribution in [0.25, 0.3) is 11.1 Å². The summed E-state index contributed by atoms with van der Waals surface area (Å²) in [6.45, 7) is 0. The molecule has 3 aromatic rings. The number of hydrogen-bond acceptors (Lipinski definition) is 5. The second kappa shape index (κ2) is 5.79. The SMILES string of the molecule is N/C(=N/O)c1ccc(Br)cc1Sc1nc2ccccc2o1. The molecule has 2 aromatic carbocycles. The molecule has 1 aromatic heterocycles. The standard InChI is InChI=1S/C14H10BrN3O2S/c15-8-5-6-9(13(16)18-19)12(7-8)21-14-17-10-3-1-2-4-11(10)20-14/h1-7,19H,(H2,16,18). The van der Waals surface area contributed by atoms with E-state index in [-0.39, 0.29) is 5.84 Å². The van der Waals surface area contributed by atoms with Crippen LogP contribution in [0.1, 0.15) is 5.56 Å². The molecule has 5 nitrogen and oxygen atoms in total. The highest BCUT2D eigenvalue weighted by atomic mass is 79.9. The Morgan fingerprint density at radius 2 is 2.10 bits per heavy atom. The minimum absolute atomic E-state index is 0.0427. The van der Waals surface area contributed by atoms with Crippen molar-refractivity contribution in [3.05, 3.63) is 52.5 Å². The van der Waals surface area contributed by atoms with Crippen molar-refractivity contribution in [2.24, 2.45) is 10.9 Å². The third-order valence-electron chi connectivity index (χ3n) is 2.80. The number of aromatic nitrogens is 1. The van der Waals surface area contributed by atoms with Crippen LogP contribution in [0.3, 0.4) is 0 Å². The molecular formula is C14H10BrN3O2S. The lowest BCUT2D eigenvalue weighted by Gasteiger charge is -2.06. The molecule has 0 aliphatic rings. The number of benzene rings is 2. The molecule has 1 heterocycles. The Morgan fingerprint density at radius 3 is 2.86 bits per heavy atom. The molecule has 0 amide bonds. The van der Waals surface area contributed by atoms with Gasteiger partial charge in [0.15, 0.2) is 11.4 Å². The Morgan fingerprint density at radius 1 is 1.29 bits per heavy atom. The van der Waals surface area contributed by atoms with E-state index < -0.39 is 0 Å². The van der Waals surface area contributed by atoms with Gasteiger partial charge in [0, 0.05) is 14.9 Å². The van der Waals surface area contributed by atoms with E-state index in [1.165, 1.54) is 11.8 Å². The van der Waals surface area contributed by atoms with Crippen molar-refractivity contribution in [3.8, 4) is 0 Å². The lowest BCUT2D eigenvalue weighted by molar-refractivity contribution is 0.318. The van der Waals surface area contributed by atoms with E-state index in [1.54, 1.807) is 6.07 Å². The zero-order valence-corrected chi connectivity index (χ0v) is 13.1. The Hall–Kier alpha value is -1.99. The smallest absolute Gasteiger partial charge is 0.261 e. The van der Waals surface area contributed by atoms with Gasteiger partial charge >= 0.3 is 0 Å². The Labute approximate surface area is 133 Å². The van der Waals surface area contributed by atoms with Crippen LogP contribution in [-0.4, -0.2) is 16.0 Å². The van der Waals surface area contributed by atoms with Gasteiger partial charge in [-0.05, 0) is 42.1 Å². The number of nitrogens with zero attached hydrogens (tertiary/aromatic N) is 2. The van der Waals surface area contributed by atoms with Gasteiger partial charge in [-0.2, -0.15) is 0 Å². The van der Waals surface area contributed by atoms with Gasteiger partial charge in [-0.1, -0.05) is 33.2 Å². The summed E-state index contributed by atoms with van der Waals surface area (Å²) in [4.78, 5) is 5.19. The van der Waals surface area contributed by atoms with Crippen LogP contribution in [0.2, 0.25) is 0 Å². The zero-order valence-electron chi connectivity index (χ0n) is 10.7. The van der Waals surface area contributed by atoms with E-state index in [1.807, 2.05) is 36.4 Å². The van der Waals surface area contributed by atoms with Gasteiger partial charge in [0.2, 0.25) is 0 Å². The summed E-state index contributed by atoms with van der Waals surface area (Å²) in [6.07, 6.45) is 0. The van der Waals surface area contributed by atoms with E-state index in [2.05, 4.69) is 26.1 Å². The molecule has 0 atom stereocenters. The highest BCUT2D eigenvalue weighted by molar-refractivity contribution is 9.10. The van der Waals surface area contributed by atoms with E-state index in [9.17, 15) is 0 Å².